The van der Waals surface area contributed by atoms with Crippen LogP contribution in [0.2, 0.25) is 0 Å². The number of hydrogen-bond acceptors (Lipinski definition) is 8. The smallest absolute Gasteiger partial charge is 0.345 e. The van der Waals surface area contributed by atoms with Crippen molar-refractivity contribution < 1.29 is 19.2 Å². The van der Waals surface area contributed by atoms with Gasteiger partial charge in [0.15, 0.2) is 5.75 Å². The van der Waals surface area contributed by atoms with Crippen molar-refractivity contribution in [1.29, 1.82) is 0 Å². The molecule has 0 fully saturated rings. The number of nitro benzene ring substituents is 1. The Balaban J connectivity index is 1.80. The highest BCUT2D eigenvalue weighted by Gasteiger charge is 2.22. The van der Waals surface area contributed by atoms with Crippen molar-refractivity contribution in [1.82, 2.24) is 15.4 Å². The standard InChI is InChI=1S/C22H21N5O6/c1-13-4-6-15(7-5-13)12-33-20-18(27(30)31)9-16(10-19(20)32-3)11-23-26-21(28)17-8-14(2)24-22(29)25-17/h4-11H,12H2,1-3H3,(H,26,28)(H,24,25,29)/b23-11+. The third-order valence-electron chi connectivity index (χ3n) is 4.47. The number of aromatic nitrogens is 2. The third-order valence-corrected chi connectivity index (χ3v) is 4.47. The van der Waals surface area contributed by atoms with E-state index < -0.39 is 16.5 Å². The lowest BCUT2D eigenvalue weighted by Crippen LogP contribution is -2.24. The Hall–Kier alpha value is -4.54. The SMILES string of the molecule is COc1cc(/C=N/NC(=O)c2cc(C)[nH]c(=O)n2)cc([N+](=O)[O-])c1OCc1ccc(C)cc1. The van der Waals surface area contributed by atoms with E-state index in [-0.39, 0.29) is 35.1 Å². The molecule has 0 atom stereocenters. The molecular formula is C22H21N5O6. The monoisotopic (exact) mass is 451 g/mol. The summed E-state index contributed by atoms with van der Waals surface area (Å²) in [6.45, 7) is 3.68. The van der Waals surface area contributed by atoms with Gasteiger partial charge in [0.1, 0.15) is 12.3 Å². The summed E-state index contributed by atoms with van der Waals surface area (Å²) in [6.07, 6.45) is 1.21. The first kappa shape index (κ1) is 23.1. The van der Waals surface area contributed by atoms with Crippen LogP contribution in [0.25, 0.3) is 0 Å². The van der Waals surface area contributed by atoms with Gasteiger partial charge in [0.2, 0.25) is 5.75 Å². The first-order valence-corrected chi connectivity index (χ1v) is 9.73. The molecule has 0 unspecified atom stereocenters. The molecule has 1 heterocycles. The summed E-state index contributed by atoms with van der Waals surface area (Å²) in [4.78, 5) is 40.6. The number of hydrazone groups is 1. The van der Waals surface area contributed by atoms with E-state index in [0.29, 0.717) is 5.69 Å². The Morgan fingerprint density at radius 2 is 1.97 bits per heavy atom. The van der Waals surface area contributed by atoms with Crippen molar-refractivity contribution in [2.24, 2.45) is 5.10 Å². The molecule has 11 nitrogen and oxygen atoms in total. The van der Waals surface area contributed by atoms with Crippen molar-refractivity contribution in [3.05, 3.63) is 91.1 Å². The Labute approximate surface area is 188 Å². The number of amides is 1. The second kappa shape index (κ2) is 10.2. The maximum absolute atomic E-state index is 12.1. The van der Waals surface area contributed by atoms with Gasteiger partial charge in [0.25, 0.3) is 5.91 Å². The molecule has 0 bridgehead atoms. The van der Waals surface area contributed by atoms with E-state index in [1.165, 1.54) is 31.5 Å². The molecule has 0 saturated heterocycles. The van der Waals surface area contributed by atoms with Gasteiger partial charge in [-0.2, -0.15) is 10.1 Å². The van der Waals surface area contributed by atoms with E-state index in [1.54, 1.807) is 6.92 Å². The molecule has 0 aliphatic rings. The van der Waals surface area contributed by atoms with E-state index in [1.807, 2.05) is 31.2 Å². The van der Waals surface area contributed by atoms with Crippen molar-refractivity contribution in [3.63, 3.8) is 0 Å². The molecule has 170 valence electrons. The van der Waals surface area contributed by atoms with Crippen LogP contribution in [0.3, 0.4) is 0 Å². The van der Waals surface area contributed by atoms with Crippen LogP contribution in [-0.2, 0) is 6.61 Å². The second-order valence-corrected chi connectivity index (χ2v) is 7.06. The lowest BCUT2D eigenvalue weighted by molar-refractivity contribution is -0.386. The van der Waals surface area contributed by atoms with E-state index in [0.717, 1.165) is 11.1 Å². The van der Waals surface area contributed by atoms with E-state index in [2.05, 4.69) is 20.5 Å². The number of carbonyl (C=O) groups excluding carboxylic acids is 1. The minimum atomic E-state index is -0.708. The van der Waals surface area contributed by atoms with E-state index in [9.17, 15) is 19.7 Å². The Morgan fingerprint density at radius 1 is 1.24 bits per heavy atom. The molecule has 0 radical (unpaired) electrons. The van der Waals surface area contributed by atoms with Gasteiger partial charge >= 0.3 is 11.4 Å². The van der Waals surface area contributed by atoms with E-state index in [4.69, 9.17) is 9.47 Å². The molecule has 1 amide bonds. The molecule has 3 aromatic rings. The number of ether oxygens (including phenoxy) is 2. The van der Waals surface area contributed by atoms with Crippen molar-refractivity contribution in [2.75, 3.05) is 7.11 Å². The quantitative estimate of drug-likeness (QED) is 0.304. The lowest BCUT2D eigenvalue weighted by Gasteiger charge is -2.12. The summed E-state index contributed by atoms with van der Waals surface area (Å²) in [6, 6.07) is 11.7. The van der Waals surface area contributed by atoms with Gasteiger partial charge in [0.05, 0.1) is 18.2 Å². The number of H-pyrrole nitrogens is 1. The normalized spacial score (nSPS) is 10.8. The average Bonchev–Trinajstić information content (AvgIpc) is 2.77. The number of hydrogen-bond donors (Lipinski definition) is 2. The lowest BCUT2D eigenvalue weighted by atomic mass is 10.1. The third kappa shape index (κ3) is 6.00. The van der Waals surface area contributed by atoms with Gasteiger partial charge < -0.3 is 14.5 Å². The van der Waals surface area contributed by atoms with Crippen molar-refractivity contribution in [3.8, 4) is 11.5 Å². The highest BCUT2D eigenvalue weighted by Crippen LogP contribution is 2.38. The molecule has 2 N–H and O–H groups in total. The zero-order valence-electron chi connectivity index (χ0n) is 18.1. The Bertz CT molecular complexity index is 1270. The van der Waals surface area contributed by atoms with Crippen LogP contribution >= 0.6 is 0 Å². The van der Waals surface area contributed by atoms with Crippen LogP contribution in [0.4, 0.5) is 5.69 Å². The molecule has 11 heteroatoms. The molecule has 0 spiro atoms. The Morgan fingerprint density at radius 3 is 2.61 bits per heavy atom. The minimum Gasteiger partial charge on any atom is -0.493 e. The molecule has 1 aromatic heterocycles. The molecular weight excluding hydrogens is 430 g/mol. The maximum atomic E-state index is 12.1. The summed E-state index contributed by atoms with van der Waals surface area (Å²) in [5.74, 6) is -0.594. The van der Waals surface area contributed by atoms with Crippen LogP contribution in [0.5, 0.6) is 11.5 Å². The van der Waals surface area contributed by atoms with Crippen LogP contribution in [0.15, 0.2) is 52.4 Å². The fourth-order valence-corrected chi connectivity index (χ4v) is 2.87. The van der Waals surface area contributed by atoms with Crippen LogP contribution in [-0.4, -0.2) is 34.1 Å². The summed E-state index contributed by atoms with van der Waals surface area (Å²) in [5.41, 5.74) is 3.81. The molecule has 33 heavy (non-hydrogen) atoms. The fourth-order valence-electron chi connectivity index (χ4n) is 2.87. The highest BCUT2D eigenvalue weighted by molar-refractivity contribution is 5.93. The number of carbonyl (C=O) groups is 1. The number of nitrogens with one attached hydrogen (secondary N) is 2. The summed E-state index contributed by atoms with van der Waals surface area (Å²) >= 11 is 0. The fraction of sp³-hybridized carbons (Fsp3) is 0.182. The van der Waals surface area contributed by atoms with Crippen LogP contribution in [0, 0.1) is 24.0 Å². The zero-order valence-corrected chi connectivity index (χ0v) is 18.1. The van der Waals surface area contributed by atoms with Gasteiger partial charge in [-0.25, -0.2) is 10.2 Å². The second-order valence-electron chi connectivity index (χ2n) is 7.06. The summed E-state index contributed by atoms with van der Waals surface area (Å²) in [5, 5.41) is 15.4. The molecule has 3 rings (SSSR count). The number of aromatic amines is 1. The van der Waals surface area contributed by atoms with Gasteiger partial charge in [-0.3, -0.25) is 14.9 Å². The average molecular weight is 451 g/mol. The van der Waals surface area contributed by atoms with Crippen LogP contribution in [0.1, 0.15) is 32.9 Å². The number of nitro groups is 1. The van der Waals surface area contributed by atoms with Crippen LogP contribution < -0.4 is 20.6 Å². The zero-order chi connectivity index (χ0) is 24.0. The number of aryl methyl sites for hydroxylation is 2. The first-order chi connectivity index (χ1) is 15.8. The van der Waals surface area contributed by atoms with E-state index >= 15 is 0 Å². The van der Waals surface area contributed by atoms with Crippen molar-refractivity contribution in [2.45, 2.75) is 20.5 Å². The Kier molecular flexibility index (Phi) is 7.13. The molecule has 2 aromatic carbocycles. The minimum absolute atomic E-state index is 0.0209. The van der Waals surface area contributed by atoms with Gasteiger partial charge in [-0.15, -0.1) is 0 Å². The van der Waals surface area contributed by atoms with Gasteiger partial charge in [0, 0.05) is 17.3 Å². The summed E-state index contributed by atoms with van der Waals surface area (Å²) in [7, 11) is 1.36. The number of rotatable bonds is 8. The highest BCUT2D eigenvalue weighted by atomic mass is 16.6. The van der Waals surface area contributed by atoms with Gasteiger partial charge in [-0.05, 0) is 31.5 Å². The van der Waals surface area contributed by atoms with Crippen molar-refractivity contribution >= 4 is 17.8 Å². The molecule has 0 saturated carbocycles. The predicted molar refractivity (Wildman–Crippen MR) is 120 cm³/mol. The number of nitrogens with zero attached hydrogens (tertiary/aromatic N) is 3. The molecule has 0 aliphatic heterocycles. The predicted octanol–water partition coefficient (Wildman–Crippen LogP) is 2.65. The number of methoxy groups -OCH3 is 1. The molecule has 0 aliphatic carbocycles. The summed E-state index contributed by atoms with van der Waals surface area (Å²) < 4.78 is 11.0. The topological polar surface area (TPSA) is 149 Å². The largest absolute Gasteiger partial charge is 0.493 e. The first-order valence-electron chi connectivity index (χ1n) is 9.73. The maximum Gasteiger partial charge on any atom is 0.345 e. The number of benzene rings is 2. The van der Waals surface area contributed by atoms with Gasteiger partial charge in [-0.1, -0.05) is 29.8 Å².